The van der Waals surface area contributed by atoms with E-state index in [9.17, 15) is 8.42 Å². The normalized spacial score (nSPS) is 11.6. The maximum atomic E-state index is 11.3. The molecule has 1 aromatic heterocycles. The lowest BCUT2D eigenvalue weighted by atomic mass is 10.1. The quantitative estimate of drug-likeness (QED) is 0.637. The number of nitrogen functional groups attached to an aromatic ring is 1. The summed E-state index contributed by atoms with van der Waals surface area (Å²) in [5.74, 6) is 6.26. The third kappa shape index (κ3) is 2.59. The van der Waals surface area contributed by atoms with Gasteiger partial charge in [0.1, 0.15) is 0 Å². The van der Waals surface area contributed by atoms with E-state index in [0.717, 1.165) is 5.56 Å². The molecule has 96 valence electrons. The van der Waals surface area contributed by atoms with Crippen molar-refractivity contribution in [3.05, 3.63) is 40.4 Å². The van der Waals surface area contributed by atoms with Crippen LogP contribution in [0.3, 0.4) is 0 Å². The highest BCUT2D eigenvalue weighted by Gasteiger charge is 2.08. The van der Waals surface area contributed by atoms with Gasteiger partial charge in [0.05, 0.1) is 4.90 Å². The van der Waals surface area contributed by atoms with Crippen LogP contribution in [0.1, 0.15) is 11.4 Å². The first kappa shape index (κ1) is 12.8. The molecule has 0 fully saturated rings. The van der Waals surface area contributed by atoms with Gasteiger partial charge in [0.15, 0.2) is 15.7 Å². The largest absolute Gasteiger partial charge is 0.335 e. The first-order valence-corrected chi connectivity index (χ1v) is 7.38. The lowest BCUT2D eigenvalue weighted by molar-refractivity contribution is 0.602. The van der Waals surface area contributed by atoms with E-state index in [0.29, 0.717) is 17.0 Å². The molecule has 1 heterocycles. The number of benzene rings is 1. The van der Waals surface area contributed by atoms with Crippen LogP contribution in [0.15, 0.2) is 29.2 Å². The van der Waals surface area contributed by atoms with E-state index in [1.54, 1.807) is 24.3 Å². The molecule has 8 heteroatoms. The van der Waals surface area contributed by atoms with Gasteiger partial charge in [-0.15, -0.1) is 0 Å². The molecule has 3 N–H and O–H groups in total. The van der Waals surface area contributed by atoms with Crippen LogP contribution >= 0.6 is 12.2 Å². The summed E-state index contributed by atoms with van der Waals surface area (Å²) in [6.45, 7) is 0. The molecule has 1 aromatic carbocycles. The average Bonchev–Trinajstić information content (AvgIpc) is 2.61. The molecule has 0 saturated carbocycles. The molecule has 0 aliphatic rings. The van der Waals surface area contributed by atoms with Crippen LogP contribution in [0.2, 0.25) is 0 Å². The van der Waals surface area contributed by atoms with Crippen molar-refractivity contribution in [1.82, 2.24) is 14.9 Å². The molecule has 2 rings (SSSR count). The summed E-state index contributed by atoms with van der Waals surface area (Å²) >= 11 is 4.90. The number of hydrogen-bond acceptors (Lipinski definition) is 5. The zero-order valence-corrected chi connectivity index (χ0v) is 11.3. The Labute approximate surface area is 109 Å². The Hall–Kier alpha value is -1.67. The fraction of sp³-hybridized carbons (Fsp3) is 0.200. The van der Waals surface area contributed by atoms with Crippen LogP contribution in [0.5, 0.6) is 0 Å². The summed E-state index contributed by atoms with van der Waals surface area (Å²) in [4.78, 5) is 0.290. The number of nitrogens with one attached hydrogen (secondary N) is 1. The SMILES string of the molecule is CS(=O)(=O)c1ccc(Cc2n[nH]c(=S)n2N)cc1. The maximum absolute atomic E-state index is 11.3. The molecule has 0 atom stereocenters. The molecule has 6 nitrogen and oxygen atoms in total. The molecule has 0 unspecified atom stereocenters. The molecule has 0 aliphatic heterocycles. The molecule has 0 bridgehead atoms. The highest BCUT2D eigenvalue weighted by molar-refractivity contribution is 7.90. The molecule has 2 aromatic rings. The van der Waals surface area contributed by atoms with E-state index in [2.05, 4.69) is 10.2 Å². The summed E-state index contributed by atoms with van der Waals surface area (Å²) in [6, 6.07) is 6.59. The summed E-state index contributed by atoms with van der Waals surface area (Å²) < 4.78 is 24.2. The molecule has 18 heavy (non-hydrogen) atoms. The van der Waals surface area contributed by atoms with Gasteiger partial charge in [0.2, 0.25) is 4.77 Å². The van der Waals surface area contributed by atoms with Crippen LogP contribution in [-0.4, -0.2) is 29.5 Å². The van der Waals surface area contributed by atoms with Crippen molar-refractivity contribution < 1.29 is 8.42 Å². The van der Waals surface area contributed by atoms with Crippen molar-refractivity contribution in [2.24, 2.45) is 0 Å². The third-order valence-electron chi connectivity index (χ3n) is 2.49. The average molecular weight is 284 g/mol. The van der Waals surface area contributed by atoms with Crippen LogP contribution in [0.4, 0.5) is 0 Å². The summed E-state index contributed by atoms with van der Waals surface area (Å²) in [5.41, 5.74) is 0.906. The lowest BCUT2D eigenvalue weighted by Crippen LogP contribution is -2.13. The van der Waals surface area contributed by atoms with E-state index in [1.807, 2.05) is 0 Å². The Bertz CT molecular complexity index is 713. The Morgan fingerprint density at radius 2 is 2.00 bits per heavy atom. The highest BCUT2D eigenvalue weighted by atomic mass is 32.2. The number of rotatable bonds is 3. The first-order chi connectivity index (χ1) is 8.38. The molecular formula is C10H12N4O2S2. The third-order valence-corrected chi connectivity index (χ3v) is 3.91. The predicted octanol–water partition coefficient (Wildman–Crippen LogP) is 0.649. The second-order valence-electron chi connectivity index (χ2n) is 3.91. The standard InChI is InChI=1S/C10H12N4O2S2/c1-18(15,16)8-4-2-7(3-5-8)6-9-12-13-10(17)14(9)11/h2-5H,6,11H2,1H3,(H,13,17). The van der Waals surface area contributed by atoms with Crippen LogP contribution in [0, 0.1) is 4.77 Å². The predicted molar refractivity (Wildman–Crippen MR) is 69.9 cm³/mol. The molecular weight excluding hydrogens is 272 g/mol. The number of sulfone groups is 1. The molecule has 0 spiro atoms. The van der Waals surface area contributed by atoms with Gasteiger partial charge in [0, 0.05) is 12.7 Å². The van der Waals surface area contributed by atoms with Crippen molar-refractivity contribution in [2.75, 3.05) is 12.1 Å². The zero-order chi connectivity index (χ0) is 13.3. The first-order valence-electron chi connectivity index (χ1n) is 5.08. The number of aromatic amines is 1. The fourth-order valence-corrected chi connectivity index (χ4v) is 2.28. The van der Waals surface area contributed by atoms with Crippen molar-refractivity contribution >= 4 is 22.1 Å². The fourth-order valence-electron chi connectivity index (χ4n) is 1.50. The minimum absolute atomic E-state index is 0.290. The summed E-state index contributed by atoms with van der Waals surface area (Å²) in [6.07, 6.45) is 1.65. The molecule has 0 radical (unpaired) electrons. The van der Waals surface area contributed by atoms with Gasteiger partial charge in [-0.3, -0.25) is 5.10 Å². The lowest BCUT2D eigenvalue weighted by Gasteiger charge is -2.02. The van der Waals surface area contributed by atoms with Gasteiger partial charge in [-0.1, -0.05) is 12.1 Å². The Morgan fingerprint density at radius 1 is 1.39 bits per heavy atom. The topological polar surface area (TPSA) is 93.8 Å². The smallest absolute Gasteiger partial charge is 0.214 e. The monoisotopic (exact) mass is 284 g/mol. The van der Waals surface area contributed by atoms with E-state index in [-0.39, 0.29) is 4.90 Å². The van der Waals surface area contributed by atoms with Gasteiger partial charge in [-0.2, -0.15) is 5.10 Å². The van der Waals surface area contributed by atoms with E-state index < -0.39 is 9.84 Å². The summed E-state index contributed by atoms with van der Waals surface area (Å²) in [5, 5.41) is 6.57. The van der Waals surface area contributed by atoms with Crippen molar-refractivity contribution in [3.63, 3.8) is 0 Å². The number of nitrogens with two attached hydrogens (primary N) is 1. The van der Waals surface area contributed by atoms with Crippen molar-refractivity contribution in [1.29, 1.82) is 0 Å². The maximum Gasteiger partial charge on any atom is 0.214 e. The van der Waals surface area contributed by atoms with Gasteiger partial charge >= 0.3 is 0 Å². The van der Waals surface area contributed by atoms with Gasteiger partial charge in [-0.05, 0) is 29.9 Å². The van der Waals surface area contributed by atoms with Gasteiger partial charge in [0.25, 0.3) is 0 Å². The van der Waals surface area contributed by atoms with Crippen LogP contribution < -0.4 is 5.84 Å². The Balaban J connectivity index is 2.26. The number of H-pyrrole nitrogens is 1. The van der Waals surface area contributed by atoms with Crippen molar-refractivity contribution in [3.8, 4) is 0 Å². The second kappa shape index (κ2) is 4.54. The molecule has 0 saturated heterocycles. The minimum atomic E-state index is -3.16. The van der Waals surface area contributed by atoms with Crippen LogP contribution in [-0.2, 0) is 16.3 Å². The number of aromatic nitrogens is 3. The molecule has 0 amide bonds. The number of nitrogens with zero attached hydrogens (tertiary/aromatic N) is 2. The Morgan fingerprint density at radius 3 is 2.44 bits per heavy atom. The van der Waals surface area contributed by atoms with E-state index in [4.69, 9.17) is 18.1 Å². The van der Waals surface area contributed by atoms with E-state index in [1.165, 1.54) is 10.9 Å². The Kier molecular flexibility index (Phi) is 3.22. The minimum Gasteiger partial charge on any atom is -0.335 e. The second-order valence-corrected chi connectivity index (χ2v) is 6.31. The molecule has 0 aliphatic carbocycles. The van der Waals surface area contributed by atoms with Crippen molar-refractivity contribution in [2.45, 2.75) is 11.3 Å². The van der Waals surface area contributed by atoms with Gasteiger partial charge in [-0.25, -0.2) is 13.1 Å². The number of hydrogen-bond donors (Lipinski definition) is 2. The van der Waals surface area contributed by atoms with Gasteiger partial charge < -0.3 is 5.84 Å². The highest BCUT2D eigenvalue weighted by Crippen LogP contribution is 2.12. The zero-order valence-electron chi connectivity index (χ0n) is 9.62. The van der Waals surface area contributed by atoms with Crippen LogP contribution in [0.25, 0.3) is 0 Å². The van der Waals surface area contributed by atoms with E-state index >= 15 is 0 Å². The summed E-state index contributed by atoms with van der Waals surface area (Å²) in [7, 11) is -3.16.